The zero-order chi connectivity index (χ0) is 31.3. The number of anilines is 2. The van der Waals surface area contributed by atoms with Crippen molar-refractivity contribution in [1.29, 1.82) is 0 Å². The molecular formula is C26H31F4N3O7S2. The van der Waals surface area contributed by atoms with E-state index in [9.17, 15) is 39.2 Å². The van der Waals surface area contributed by atoms with E-state index in [4.69, 9.17) is 4.74 Å². The summed E-state index contributed by atoms with van der Waals surface area (Å²) in [6.45, 7) is 4.35. The number of amides is 1. The van der Waals surface area contributed by atoms with Crippen molar-refractivity contribution in [1.82, 2.24) is 4.72 Å². The maximum absolute atomic E-state index is 13.7. The molecule has 1 aliphatic carbocycles. The van der Waals surface area contributed by atoms with E-state index in [1.165, 1.54) is 18.2 Å². The number of hydrogen-bond donors (Lipinski definition) is 2. The lowest BCUT2D eigenvalue weighted by Crippen LogP contribution is -2.51. The van der Waals surface area contributed by atoms with Crippen LogP contribution in [-0.2, 0) is 24.8 Å². The summed E-state index contributed by atoms with van der Waals surface area (Å²) in [4.78, 5) is 12.0. The number of ether oxygens (including phenoxy) is 2. The summed E-state index contributed by atoms with van der Waals surface area (Å²) in [5, 5.41) is 1.69. The number of fused-ring (bicyclic) bond motifs is 1. The number of nitrogens with one attached hydrogen (secondary N) is 2. The van der Waals surface area contributed by atoms with E-state index in [1.54, 1.807) is 13.8 Å². The molecule has 0 spiro atoms. The van der Waals surface area contributed by atoms with Crippen molar-refractivity contribution in [2.75, 3.05) is 16.2 Å². The van der Waals surface area contributed by atoms with Crippen LogP contribution in [0.3, 0.4) is 0 Å². The van der Waals surface area contributed by atoms with Gasteiger partial charge >= 0.3 is 12.3 Å². The average molecular weight is 638 g/mol. The van der Waals surface area contributed by atoms with Crippen molar-refractivity contribution in [2.24, 2.45) is 0 Å². The molecule has 0 bridgehead atoms. The van der Waals surface area contributed by atoms with Gasteiger partial charge in [0.15, 0.2) is 0 Å². The van der Waals surface area contributed by atoms with Crippen molar-refractivity contribution < 1.29 is 48.7 Å². The molecule has 1 amide bonds. The standard InChI is InChI=1S/C26H31F4N3O7S2/c1-24(2,32-41(35,36)19-10-11-19)14-18-15-33(42(37,38)20-8-5-16(27)6-9-20)21-13-17(7-12-22(21)39-18)31-23(34)40-25(3,4)26(28,29)30/h5-9,12-13,18-19,32H,10-11,14-15H2,1-4H3,(H,31,34)/t18-/m1/s1. The Hall–Kier alpha value is -3.11. The summed E-state index contributed by atoms with van der Waals surface area (Å²) in [7, 11) is -7.94. The first-order chi connectivity index (χ1) is 19.2. The number of carbonyl (C=O) groups is 1. The largest absolute Gasteiger partial charge is 0.486 e. The lowest BCUT2D eigenvalue weighted by Gasteiger charge is -2.39. The van der Waals surface area contributed by atoms with Crippen molar-refractivity contribution in [3.63, 3.8) is 0 Å². The molecule has 1 atom stereocenters. The highest BCUT2D eigenvalue weighted by molar-refractivity contribution is 7.92. The normalized spacial score (nSPS) is 18.2. The fraction of sp³-hybridized carbons (Fsp3) is 0.500. The lowest BCUT2D eigenvalue weighted by atomic mass is 9.97. The maximum Gasteiger partial charge on any atom is 0.427 e. The summed E-state index contributed by atoms with van der Waals surface area (Å²) in [5.74, 6) is -0.613. The molecule has 2 aromatic carbocycles. The molecule has 16 heteroatoms. The third kappa shape index (κ3) is 7.09. The van der Waals surface area contributed by atoms with Gasteiger partial charge in [0.2, 0.25) is 15.6 Å². The molecule has 1 heterocycles. The van der Waals surface area contributed by atoms with Crippen molar-refractivity contribution >= 4 is 37.5 Å². The van der Waals surface area contributed by atoms with Crippen LogP contribution in [0.25, 0.3) is 0 Å². The molecule has 0 radical (unpaired) electrons. The highest BCUT2D eigenvalue weighted by atomic mass is 32.2. The number of sulfonamides is 2. The third-order valence-electron chi connectivity index (χ3n) is 6.69. The Morgan fingerprint density at radius 1 is 1.02 bits per heavy atom. The maximum atomic E-state index is 13.7. The van der Waals surface area contributed by atoms with Crippen molar-refractivity contribution in [2.45, 2.75) is 80.5 Å². The van der Waals surface area contributed by atoms with Gasteiger partial charge in [-0.25, -0.2) is 30.7 Å². The minimum absolute atomic E-state index is 0.0484. The van der Waals surface area contributed by atoms with E-state index in [1.807, 2.05) is 0 Å². The fourth-order valence-corrected chi connectivity index (χ4v) is 7.62. The van der Waals surface area contributed by atoms with Gasteiger partial charge in [-0.2, -0.15) is 13.2 Å². The van der Waals surface area contributed by atoms with E-state index in [-0.39, 0.29) is 35.0 Å². The number of carbonyl (C=O) groups excluding carboxylic acids is 1. The Balaban J connectivity index is 1.65. The van der Waals surface area contributed by atoms with Crippen LogP contribution in [0.1, 0.15) is 47.0 Å². The van der Waals surface area contributed by atoms with E-state index in [0.29, 0.717) is 26.7 Å². The Morgan fingerprint density at radius 3 is 2.21 bits per heavy atom. The third-order valence-corrected chi connectivity index (χ3v) is 10.7. The molecule has 0 saturated heterocycles. The smallest absolute Gasteiger partial charge is 0.427 e. The number of nitrogens with zero attached hydrogens (tertiary/aromatic N) is 1. The molecule has 10 nitrogen and oxygen atoms in total. The Labute approximate surface area is 241 Å². The molecule has 2 aliphatic rings. The second-order valence-corrected chi connectivity index (χ2v) is 15.2. The molecule has 0 aromatic heterocycles. The number of halogens is 4. The van der Waals surface area contributed by atoms with Gasteiger partial charge in [0.25, 0.3) is 10.0 Å². The fourth-order valence-electron chi connectivity index (χ4n) is 4.35. The summed E-state index contributed by atoms with van der Waals surface area (Å²) in [6.07, 6.45) is -5.94. The summed E-state index contributed by atoms with van der Waals surface area (Å²) in [6, 6.07) is 7.88. The van der Waals surface area contributed by atoms with Crippen LogP contribution in [-0.4, -0.2) is 58.1 Å². The number of alkyl halides is 3. The number of benzene rings is 2. The topological polar surface area (TPSA) is 131 Å². The summed E-state index contributed by atoms with van der Waals surface area (Å²) in [5.41, 5.74) is -3.96. The van der Waals surface area contributed by atoms with Crippen LogP contribution >= 0.6 is 0 Å². The predicted octanol–water partition coefficient (Wildman–Crippen LogP) is 4.92. The molecule has 2 N–H and O–H groups in total. The highest BCUT2D eigenvalue weighted by Crippen LogP contribution is 2.41. The highest BCUT2D eigenvalue weighted by Gasteiger charge is 2.51. The lowest BCUT2D eigenvalue weighted by molar-refractivity contribution is -0.242. The predicted molar refractivity (Wildman–Crippen MR) is 146 cm³/mol. The van der Waals surface area contributed by atoms with Gasteiger partial charge in [-0.1, -0.05) is 0 Å². The quantitative estimate of drug-likeness (QED) is 0.373. The molecule has 2 aromatic rings. The van der Waals surface area contributed by atoms with Gasteiger partial charge in [0.1, 0.15) is 17.7 Å². The Morgan fingerprint density at radius 2 is 1.64 bits per heavy atom. The Bertz CT molecular complexity index is 1560. The molecule has 1 fully saturated rings. The van der Waals surface area contributed by atoms with Gasteiger partial charge in [-0.15, -0.1) is 0 Å². The molecule has 0 unspecified atom stereocenters. The van der Waals surface area contributed by atoms with E-state index in [0.717, 1.165) is 28.6 Å². The summed E-state index contributed by atoms with van der Waals surface area (Å²) < 4.78 is 120. The second kappa shape index (κ2) is 10.9. The monoisotopic (exact) mass is 637 g/mol. The van der Waals surface area contributed by atoms with Gasteiger partial charge < -0.3 is 9.47 Å². The van der Waals surface area contributed by atoms with Gasteiger partial charge in [0, 0.05) is 17.6 Å². The van der Waals surface area contributed by atoms with Crippen LogP contribution in [0.4, 0.5) is 33.7 Å². The summed E-state index contributed by atoms with van der Waals surface area (Å²) >= 11 is 0. The van der Waals surface area contributed by atoms with Crippen LogP contribution < -0.4 is 19.1 Å². The Kier molecular flexibility index (Phi) is 8.23. The molecule has 4 rings (SSSR count). The first kappa shape index (κ1) is 31.8. The van der Waals surface area contributed by atoms with E-state index >= 15 is 0 Å². The molecular weight excluding hydrogens is 606 g/mol. The van der Waals surface area contributed by atoms with E-state index in [2.05, 4.69) is 14.8 Å². The number of rotatable bonds is 9. The van der Waals surface area contributed by atoms with E-state index < -0.39 is 60.6 Å². The van der Waals surface area contributed by atoms with Gasteiger partial charge in [-0.3, -0.25) is 9.62 Å². The minimum Gasteiger partial charge on any atom is -0.486 e. The first-order valence-corrected chi connectivity index (χ1v) is 15.9. The van der Waals surface area contributed by atoms with Crippen molar-refractivity contribution in [3.05, 3.63) is 48.3 Å². The number of hydrogen-bond acceptors (Lipinski definition) is 7. The molecule has 232 valence electrons. The zero-order valence-electron chi connectivity index (χ0n) is 23.2. The average Bonchev–Trinajstić information content (AvgIpc) is 3.68. The van der Waals surface area contributed by atoms with Crippen LogP contribution in [0, 0.1) is 5.82 Å². The first-order valence-electron chi connectivity index (χ1n) is 12.9. The zero-order valence-corrected chi connectivity index (χ0v) is 24.8. The molecule has 1 saturated carbocycles. The minimum atomic E-state index is -4.84. The van der Waals surface area contributed by atoms with Crippen LogP contribution in [0.15, 0.2) is 47.4 Å². The van der Waals surface area contributed by atoms with Gasteiger partial charge in [0.05, 0.1) is 22.4 Å². The molecule has 42 heavy (non-hydrogen) atoms. The van der Waals surface area contributed by atoms with Crippen LogP contribution in [0.5, 0.6) is 5.75 Å². The van der Waals surface area contributed by atoms with Gasteiger partial charge in [-0.05, 0) is 83.0 Å². The second-order valence-electron chi connectivity index (χ2n) is 11.4. The molecule has 1 aliphatic heterocycles. The van der Waals surface area contributed by atoms with Crippen molar-refractivity contribution in [3.8, 4) is 5.75 Å². The SMILES string of the molecule is CC(C)(C[C@@H]1CN(S(=O)(=O)c2ccc(F)cc2)c2cc(NC(=O)OC(C)(C)C(F)(F)F)ccc2O1)NS(=O)(=O)C1CC1. The van der Waals surface area contributed by atoms with Crippen LogP contribution in [0.2, 0.25) is 0 Å².